The Kier molecular flexibility index (Phi) is 5.87. The van der Waals surface area contributed by atoms with E-state index in [4.69, 9.17) is 16.3 Å². The molecule has 0 aliphatic carbocycles. The van der Waals surface area contributed by atoms with Gasteiger partial charge in [-0.1, -0.05) is 29.8 Å². The minimum Gasteiger partial charge on any atom is -0.496 e. The lowest BCUT2D eigenvalue weighted by molar-refractivity contribution is 0.181. The number of hydrogen-bond acceptors (Lipinski definition) is 4. The van der Waals surface area contributed by atoms with E-state index in [-0.39, 0.29) is 4.90 Å². The monoisotopic (exact) mass is 394 g/mol. The highest BCUT2D eigenvalue weighted by Crippen LogP contribution is 2.23. The average Bonchev–Trinajstić information content (AvgIpc) is 2.62. The molecule has 1 fully saturated rings. The van der Waals surface area contributed by atoms with Gasteiger partial charge in [-0.05, 0) is 42.3 Å². The van der Waals surface area contributed by atoms with E-state index in [0.717, 1.165) is 17.9 Å². The van der Waals surface area contributed by atoms with Crippen LogP contribution in [0.25, 0.3) is 0 Å². The van der Waals surface area contributed by atoms with E-state index in [1.54, 1.807) is 25.3 Å². The summed E-state index contributed by atoms with van der Waals surface area (Å²) in [5, 5.41) is 0.430. The molecule has 2 aromatic carbocycles. The molecule has 0 radical (unpaired) electrons. The number of ether oxygens (including phenoxy) is 1. The summed E-state index contributed by atoms with van der Waals surface area (Å²) in [5.41, 5.74) is 2.31. The second-order valence-electron chi connectivity index (χ2n) is 6.44. The molecular weight excluding hydrogens is 372 g/mol. The third-order valence-electron chi connectivity index (χ3n) is 4.63. The summed E-state index contributed by atoms with van der Waals surface area (Å²) in [4.78, 5) is 2.52. The van der Waals surface area contributed by atoms with E-state index >= 15 is 0 Å². The number of sulfonamides is 1. The molecule has 1 saturated heterocycles. The number of methoxy groups -OCH3 is 1. The van der Waals surface area contributed by atoms with Gasteiger partial charge in [0.05, 0.1) is 12.0 Å². The molecule has 1 aliphatic heterocycles. The van der Waals surface area contributed by atoms with Gasteiger partial charge in [0.25, 0.3) is 0 Å². The highest BCUT2D eigenvalue weighted by molar-refractivity contribution is 7.89. The van der Waals surface area contributed by atoms with Crippen molar-refractivity contribution in [1.82, 2.24) is 9.21 Å². The summed E-state index contributed by atoms with van der Waals surface area (Å²) in [7, 11) is -1.82. The van der Waals surface area contributed by atoms with E-state index in [9.17, 15) is 8.42 Å². The molecule has 2 aromatic rings. The van der Waals surface area contributed by atoms with Gasteiger partial charge in [-0.2, -0.15) is 4.31 Å². The van der Waals surface area contributed by atoms with Gasteiger partial charge in [-0.3, -0.25) is 4.90 Å². The summed E-state index contributed by atoms with van der Waals surface area (Å²) in [6.45, 7) is 5.18. The zero-order chi connectivity index (χ0) is 18.7. The summed E-state index contributed by atoms with van der Waals surface area (Å²) >= 11 is 5.94. The Hall–Kier alpha value is -1.60. The Bertz CT molecular complexity index is 878. The number of nitrogens with zero attached hydrogens (tertiary/aromatic N) is 2. The standard InChI is InChI=1S/C19H23ClN2O3S/c1-15-12-16(6-7-19(15)25-2)14-21-8-10-22(11-9-21)26(23,24)18-5-3-4-17(20)13-18/h3-7,12-13H,8-11,14H2,1-2H3. The first kappa shape index (κ1) is 19.2. The van der Waals surface area contributed by atoms with Crippen molar-refractivity contribution >= 4 is 21.6 Å². The molecule has 1 aliphatic rings. The van der Waals surface area contributed by atoms with Crippen molar-refractivity contribution in [1.29, 1.82) is 0 Å². The van der Waals surface area contributed by atoms with Crippen molar-refractivity contribution in [2.45, 2.75) is 18.4 Å². The van der Waals surface area contributed by atoms with E-state index in [1.807, 2.05) is 13.0 Å². The quantitative estimate of drug-likeness (QED) is 0.781. The maximum atomic E-state index is 12.8. The van der Waals surface area contributed by atoms with Crippen LogP contribution in [-0.2, 0) is 16.6 Å². The molecule has 0 amide bonds. The topological polar surface area (TPSA) is 49.9 Å². The zero-order valence-corrected chi connectivity index (χ0v) is 16.6. The van der Waals surface area contributed by atoms with Crippen LogP contribution in [0.3, 0.4) is 0 Å². The lowest BCUT2D eigenvalue weighted by Crippen LogP contribution is -2.48. The number of aryl methyl sites for hydroxylation is 1. The molecule has 0 saturated carbocycles. The SMILES string of the molecule is COc1ccc(CN2CCN(S(=O)(=O)c3cccc(Cl)c3)CC2)cc1C. The van der Waals surface area contributed by atoms with Crippen LogP contribution in [0.4, 0.5) is 0 Å². The summed E-state index contributed by atoms with van der Waals surface area (Å²) < 4.78 is 32.3. The maximum absolute atomic E-state index is 12.8. The normalized spacial score (nSPS) is 16.6. The smallest absolute Gasteiger partial charge is 0.243 e. The molecule has 0 unspecified atom stereocenters. The van der Waals surface area contributed by atoms with Crippen molar-refractivity contribution < 1.29 is 13.2 Å². The van der Waals surface area contributed by atoms with Gasteiger partial charge in [0.1, 0.15) is 5.75 Å². The Labute approximate surface area is 160 Å². The average molecular weight is 395 g/mol. The molecule has 140 valence electrons. The largest absolute Gasteiger partial charge is 0.496 e. The molecule has 3 rings (SSSR count). The first-order valence-corrected chi connectivity index (χ1v) is 10.3. The molecule has 7 heteroatoms. The Balaban J connectivity index is 1.63. The van der Waals surface area contributed by atoms with Gasteiger partial charge in [-0.15, -0.1) is 0 Å². The molecule has 0 N–H and O–H groups in total. The minimum absolute atomic E-state index is 0.254. The fraction of sp³-hybridized carbons (Fsp3) is 0.368. The third kappa shape index (κ3) is 4.20. The number of benzene rings is 2. The number of hydrogen-bond donors (Lipinski definition) is 0. The number of piperazine rings is 1. The van der Waals surface area contributed by atoms with Gasteiger partial charge in [0, 0.05) is 37.7 Å². The fourth-order valence-corrected chi connectivity index (χ4v) is 4.93. The van der Waals surface area contributed by atoms with Crippen LogP contribution < -0.4 is 4.74 Å². The lowest BCUT2D eigenvalue weighted by Gasteiger charge is -2.34. The molecule has 5 nitrogen and oxygen atoms in total. The minimum atomic E-state index is -3.49. The molecule has 0 atom stereocenters. The van der Waals surface area contributed by atoms with Crippen molar-refractivity contribution in [3.63, 3.8) is 0 Å². The van der Waals surface area contributed by atoms with Crippen LogP contribution in [0.2, 0.25) is 5.02 Å². The highest BCUT2D eigenvalue weighted by Gasteiger charge is 2.28. The van der Waals surface area contributed by atoms with E-state index < -0.39 is 10.0 Å². The van der Waals surface area contributed by atoms with Crippen LogP contribution >= 0.6 is 11.6 Å². The van der Waals surface area contributed by atoms with Crippen molar-refractivity contribution in [2.24, 2.45) is 0 Å². The molecular formula is C19H23ClN2O3S. The summed E-state index contributed by atoms with van der Waals surface area (Å²) in [6.07, 6.45) is 0. The zero-order valence-electron chi connectivity index (χ0n) is 15.0. The molecule has 0 aromatic heterocycles. The van der Waals surface area contributed by atoms with Gasteiger partial charge in [-0.25, -0.2) is 8.42 Å². The van der Waals surface area contributed by atoms with Crippen molar-refractivity contribution in [2.75, 3.05) is 33.3 Å². The van der Waals surface area contributed by atoms with E-state index in [1.165, 1.54) is 15.9 Å². The first-order valence-electron chi connectivity index (χ1n) is 8.52. The van der Waals surface area contributed by atoms with Gasteiger partial charge < -0.3 is 4.74 Å². The molecule has 1 heterocycles. The van der Waals surface area contributed by atoms with E-state index in [2.05, 4.69) is 17.0 Å². The van der Waals surface area contributed by atoms with Crippen molar-refractivity contribution in [3.05, 3.63) is 58.6 Å². The van der Waals surface area contributed by atoms with Crippen LogP contribution in [0.1, 0.15) is 11.1 Å². The maximum Gasteiger partial charge on any atom is 0.243 e. The predicted molar refractivity (Wildman–Crippen MR) is 103 cm³/mol. The number of halogens is 1. The second kappa shape index (κ2) is 7.96. The van der Waals surface area contributed by atoms with Crippen LogP contribution in [0, 0.1) is 6.92 Å². The van der Waals surface area contributed by atoms with Gasteiger partial charge in [0.2, 0.25) is 10.0 Å². The lowest BCUT2D eigenvalue weighted by atomic mass is 10.1. The van der Waals surface area contributed by atoms with Crippen LogP contribution in [0.5, 0.6) is 5.75 Å². The Morgan fingerprint density at radius 2 is 1.81 bits per heavy atom. The number of rotatable bonds is 5. The van der Waals surface area contributed by atoms with Crippen LogP contribution in [-0.4, -0.2) is 50.9 Å². The van der Waals surface area contributed by atoms with Crippen LogP contribution in [0.15, 0.2) is 47.4 Å². The van der Waals surface area contributed by atoms with Crippen molar-refractivity contribution in [3.8, 4) is 5.75 Å². The van der Waals surface area contributed by atoms with Gasteiger partial charge >= 0.3 is 0 Å². The summed E-state index contributed by atoms with van der Waals surface area (Å²) in [6, 6.07) is 12.6. The Morgan fingerprint density at radius 1 is 1.08 bits per heavy atom. The Morgan fingerprint density at radius 3 is 2.42 bits per heavy atom. The highest BCUT2D eigenvalue weighted by atomic mass is 35.5. The van der Waals surface area contributed by atoms with Gasteiger partial charge in [0.15, 0.2) is 0 Å². The second-order valence-corrected chi connectivity index (χ2v) is 8.82. The molecule has 26 heavy (non-hydrogen) atoms. The van der Waals surface area contributed by atoms with E-state index in [0.29, 0.717) is 31.2 Å². The molecule has 0 bridgehead atoms. The third-order valence-corrected chi connectivity index (χ3v) is 6.76. The molecule has 0 spiro atoms. The summed E-state index contributed by atoms with van der Waals surface area (Å²) in [5.74, 6) is 0.881. The first-order chi connectivity index (χ1) is 12.4. The fourth-order valence-electron chi connectivity index (χ4n) is 3.20. The predicted octanol–water partition coefficient (Wildman–Crippen LogP) is 3.16.